The van der Waals surface area contributed by atoms with Gasteiger partial charge in [-0.15, -0.1) is 0 Å². The molecule has 0 saturated carbocycles. The van der Waals surface area contributed by atoms with E-state index in [1.165, 1.54) is 25.8 Å². The lowest BCUT2D eigenvalue weighted by atomic mass is 9.86. The molecule has 1 aliphatic heterocycles. The van der Waals surface area contributed by atoms with Crippen molar-refractivity contribution >= 4 is 17.6 Å². The molecular formula is C18H20N4O6. The summed E-state index contributed by atoms with van der Waals surface area (Å²) in [5, 5.41) is 2.61. The molecule has 3 rings (SSSR count). The first-order chi connectivity index (χ1) is 13.2. The Kier molecular flexibility index (Phi) is 4.95. The SMILES string of the molecule is COc1cc([C@@H]2CC(=O)Nc3c2c(=O)n(C)c(=O)n3C)ccc1OCC(N)=O. The summed E-state index contributed by atoms with van der Waals surface area (Å²) in [4.78, 5) is 48.1. The number of aromatic nitrogens is 2. The standard InChI is InChI=1S/C18H20N4O6/c1-21-16-15(17(25)22(2)18(21)26)10(7-14(24)20-16)9-4-5-11(12(6-9)27-3)28-8-13(19)23/h4-6,10H,7-8H2,1-3H3,(H2,19,23)(H,20,24)/t10-/m0/s1. The van der Waals surface area contributed by atoms with Crippen LogP contribution in [0.2, 0.25) is 0 Å². The molecule has 148 valence electrons. The molecule has 1 aromatic carbocycles. The van der Waals surface area contributed by atoms with Gasteiger partial charge in [-0.2, -0.15) is 0 Å². The van der Waals surface area contributed by atoms with E-state index in [-0.39, 0.29) is 24.8 Å². The highest BCUT2D eigenvalue weighted by Crippen LogP contribution is 2.38. The van der Waals surface area contributed by atoms with Crippen molar-refractivity contribution in [1.82, 2.24) is 9.13 Å². The number of fused-ring (bicyclic) bond motifs is 1. The quantitative estimate of drug-likeness (QED) is 0.704. The van der Waals surface area contributed by atoms with E-state index < -0.39 is 23.1 Å². The maximum Gasteiger partial charge on any atom is 0.332 e. The zero-order valence-corrected chi connectivity index (χ0v) is 15.6. The minimum atomic E-state index is -0.631. The topological polar surface area (TPSA) is 135 Å². The molecule has 3 N–H and O–H groups in total. The van der Waals surface area contributed by atoms with Crippen LogP contribution >= 0.6 is 0 Å². The first-order valence-electron chi connectivity index (χ1n) is 8.43. The average molecular weight is 388 g/mol. The van der Waals surface area contributed by atoms with E-state index in [1.807, 2.05) is 0 Å². The Morgan fingerprint density at radius 2 is 1.93 bits per heavy atom. The van der Waals surface area contributed by atoms with E-state index in [0.29, 0.717) is 22.6 Å². The van der Waals surface area contributed by atoms with E-state index in [1.54, 1.807) is 18.2 Å². The summed E-state index contributed by atoms with van der Waals surface area (Å²) in [6, 6.07) is 4.89. The van der Waals surface area contributed by atoms with Gasteiger partial charge in [0.2, 0.25) is 5.91 Å². The van der Waals surface area contributed by atoms with Crippen molar-refractivity contribution in [3.63, 3.8) is 0 Å². The molecule has 0 saturated heterocycles. The predicted octanol–water partition coefficient (Wildman–Crippen LogP) is -0.569. The van der Waals surface area contributed by atoms with Gasteiger partial charge in [0.25, 0.3) is 11.5 Å². The fraction of sp³-hybridized carbons (Fsp3) is 0.333. The lowest BCUT2D eigenvalue weighted by Crippen LogP contribution is -2.44. The number of amides is 2. The molecule has 28 heavy (non-hydrogen) atoms. The minimum Gasteiger partial charge on any atom is -0.493 e. The third-order valence-electron chi connectivity index (χ3n) is 4.66. The number of hydrogen-bond acceptors (Lipinski definition) is 6. The molecule has 1 aliphatic rings. The summed E-state index contributed by atoms with van der Waals surface area (Å²) < 4.78 is 12.9. The van der Waals surface area contributed by atoms with Crippen LogP contribution in [0.25, 0.3) is 0 Å². The van der Waals surface area contributed by atoms with Crippen molar-refractivity contribution in [3.05, 3.63) is 50.2 Å². The van der Waals surface area contributed by atoms with Crippen molar-refractivity contribution in [2.75, 3.05) is 19.0 Å². The molecule has 1 aromatic heterocycles. The number of ether oxygens (including phenoxy) is 2. The normalized spacial score (nSPS) is 15.5. The number of nitrogens with two attached hydrogens (primary N) is 1. The Morgan fingerprint density at radius 3 is 2.57 bits per heavy atom. The van der Waals surface area contributed by atoms with Gasteiger partial charge in [-0.05, 0) is 17.7 Å². The molecule has 0 spiro atoms. The van der Waals surface area contributed by atoms with Crippen LogP contribution in [-0.2, 0) is 23.7 Å². The lowest BCUT2D eigenvalue weighted by Gasteiger charge is -2.27. The Balaban J connectivity index is 2.13. The Bertz CT molecular complexity index is 1080. The van der Waals surface area contributed by atoms with Crippen LogP contribution in [0.5, 0.6) is 11.5 Å². The molecule has 0 aliphatic carbocycles. The monoisotopic (exact) mass is 388 g/mol. The van der Waals surface area contributed by atoms with Crippen LogP contribution in [0, 0.1) is 0 Å². The summed E-state index contributed by atoms with van der Waals surface area (Å²) in [5.41, 5.74) is 5.04. The number of anilines is 1. The molecule has 0 bridgehead atoms. The number of nitrogens with zero attached hydrogens (tertiary/aromatic N) is 2. The summed E-state index contributed by atoms with van der Waals surface area (Å²) in [7, 11) is 4.31. The highest BCUT2D eigenvalue weighted by Gasteiger charge is 2.32. The number of carbonyl (C=O) groups excluding carboxylic acids is 2. The van der Waals surface area contributed by atoms with Crippen molar-refractivity contribution in [2.45, 2.75) is 12.3 Å². The van der Waals surface area contributed by atoms with Gasteiger partial charge < -0.3 is 20.5 Å². The van der Waals surface area contributed by atoms with Gasteiger partial charge in [0.05, 0.1) is 12.7 Å². The van der Waals surface area contributed by atoms with Crippen LogP contribution in [0.4, 0.5) is 5.82 Å². The molecule has 10 heteroatoms. The molecule has 2 aromatic rings. The largest absolute Gasteiger partial charge is 0.493 e. The number of primary amides is 1. The number of carbonyl (C=O) groups is 2. The number of methoxy groups -OCH3 is 1. The zero-order valence-electron chi connectivity index (χ0n) is 15.6. The van der Waals surface area contributed by atoms with E-state index in [9.17, 15) is 19.2 Å². The number of rotatable bonds is 5. The van der Waals surface area contributed by atoms with Crippen LogP contribution in [0.3, 0.4) is 0 Å². The second kappa shape index (κ2) is 7.22. The second-order valence-corrected chi connectivity index (χ2v) is 6.44. The van der Waals surface area contributed by atoms with Crippen LogP contribution in [0.1, 0.15) is 23.5 Å². The van der Waals surface area contributed by atoms with Gasteiger partial charge in [-0.1, -0.05) is 6.07 Å². The van der Waals surface area contributed by atoms with Gasteiger partial charge in [0.1, 0.15) is 5.82 Å². The molecule has 1 atom stereocenters. The molecule has 10 nitrogen and oxygen atoms in total. The molecule has 0 radical (unpaired) electrons. The number of hydrogen-bond donors (Lipinski definition) is 2. The van der Waals surface area contributed by atoms with Gasteiger partial charge >= 0.3 is 5.69 Å². The minimum absolute atomic E-state index is 0.0328. The predicted molar refractivity (Wildman–Crippen MR) is 99.7 cm³/mol. The maximum atomic E-state index is 12.8. The van der Waals surface area contributed by atoms with Crippen molar-refractivity contribution in [3.8, 4) is 11.5 Å². The molecule has 0 fully saturated rings. The summed E-state index contributed by atoms with van der Waals surface area (Å²) in [6.45, 7) is -0.312. The fourth-order valence-electron chi connectivity index (χ4n) is 3.26. The third kappa shape index (κ3) is 3.24. The third-order valence-corrected chi connectivity index (χ3v) is 4.66. The van der Waals surface area contributed by atoms with E-state index in [0.717, 1.165) is 4.57 Å². The van der Waals surface area contributed by atoms with E-state index in [4.69, 9.17) is 15.2 Å². The first-order valence-corrected chi connectivity index (χ1v) is 8.43. The Labute approximate surface area is 159 Å². The van der Waals surface area contributed by atoms with Crippen molar-refractivity contribution in [1.29, 1.82) is 0 Å². The molecule has 2 heterocycles. The average Bonchev–Trinajstić information content (AvgIpc) is 2.68. The van der Waals surface area contributed by atoms with Gasteiger partial charge in [-0.25, -0.2) is 4.79 Å². The fourth-order valence-corrected chi connectivity index (χ4v) is 3.26. The first kappa shape index (κ1) is 19.2. The highest BCUT2D eigenvalue weighted by atomic mass is 16.5. The number of nitrogens with one attached hydrogen (secondary N) is 1. The van der Waals surface area contributed by atoms with Crippen LogP contribution < -0.4 is 31.8 Å². The van der Waals surface area contributed by atoms with Crippen LogP contribution in [0.15, 0.2) is 27.8 Å². The van der Waals surface area contributed by atoms with Gasteiger partial charge in [-0.3, -0.25) is 23.5 Å². The lowest BCUT2D eigenvalue weighted by molar-refractivity contribution is -0.120. The summed E-state index contributed by atoms with van der Waals surface area (Å²) >= 11 is 0. The smallest absolute Gasteiger partial charge is 0.332 e. The van der Waals surface area contributed by atoms with E-state index >= 15 is 0 Å². The molecule has 0 unspecified atom stereocenters. The van der Waals surface area contributed by atoms with Crippen molar-refractivity contribution in [2.24, 2.45) is 19.8 Å². The maximum absolute atomic E-state index is 12.8. The highest BCUT2D eigenvalue weighted by molar-refractivity contribution is 5.94. The van der Waals surface area contributed by atoms with Crippen molar-refractivity contribution < 1.29 is 19.1 Å². The van der Waals surface area contributed by atoms with Crippen LogP contribution in [-0.4, -0.2) is 34.7 Å². The Morgan fingerprint density at radius 1 is 1.21 bits per heavy atom. The van der Waals surface area contributed by atoms with E-state index in [2.05, 4.69) is 5.32 Å². The summed E-state index contributed by atoms with van der Waals surface area (Å²) in [6.07, 6.45) is 0.0328. The molecular weight excluding hydrogens is 368 g/mol. The summed E-state index contributed by atoms with van der Waals surface area (Å²) in [5.74, 6) is -0.704. The molecule has 2 amide bonds. The van der Waals surface area contributed by atoms with Gasteiger partial charge in [0.15, 0.2) is 18.1 Å². The zero-order chi connectivity index (χ0) is 20.6. The van der Waals surface area contributed by atoms with Gasteiger partial charge in [0, 0.05) is 26.4 Å². The Hall–Kier alpha value is -3.56. The second-order valence-electron chi connectivity index (χ2n) is 6.44. The number of benzene rings is 1.